The van der Waals surface area contributed by atoms with Gasteiger partial charge in [-0.3, -0.25) is 9.19 Å². The van der Waals surface area contributed by atoms with Crippen LogP contribution in [0.25, 0.3) is 11.1 Å². The van der Waals surface area contributed by atoms with Gasteiger partial charge in [-0.2, -0.15) is 0 Å². The molecule has 0 spiro atoms. The smallest absolute Gasteiger partial charge is 0.321 e. The van der Waals surface area contributed by atoms with Crippen molar-refractivity contribution >= 4 is 22.5 Å². The summed E-state index contributed by atoms with van der Waals surface area (Å²) in [5.41, 5.74) is 2.66. The molecular formula is C17H21N3O2S. The molecule has 2 amide bonds. The van der Waals surface area contributed by atoms with Crippen molar-refractivity contribution in [2.24, 2.45) is 0 Å². The summed E-state index contributed by atoms with van der Waals surface area (Å²) in [5, 5.41) is 2.93. The Bertz CT molecular complexity index is 691. The van der Waals surface area contributed by atoms with E-state index in [1.165, 1.54) is 0 Å². The van der Waals surface area contributed by atoms with Crippen molar-refractivity contribution in [3.8, 4) is 11.1 Å². The summed E-state index contributed by atoms with van der Waals surface area (Å²) in [6.07, 6.45) is 5.08. The van der Waals surface area contributed by atoms with Crippen LogP contribution in [0.5, 0.6) is 0 Å². The number of carbonyl (C=O) groups excluding carboxylic acids is 1. The third-order valence-electron chi connectivity index (χ3n) is 3.62. The van der Waals surface area contributed by atoms with Crippen molar-refractivity contribution in [2.75, 3.05) is 24.4 Å². The van der Waals surface area contributed by atoms with E-state index in [-0.39, 0.29) is 12.1 Å². The minimum atomic E-state index is -0.942. The molecule has 0 saturated heterocycles. The Morgan fingerprint density at radius 2 is 1.91 bits per heavy atom. The lowest BCUT2D eigenvalue weighted by Gasteiger charge is -2.25. The summed E-state index contributed by atoms with van der Waals surface area (Å²) in [4.78, 5) is 18.0. The highest BCUT2D eigenvalue weighted by Gasteiger charge is 2.18. The van der Waals surface area contributed by atoms with Gasteiger partial charge in [0.1, 0.15) is 0 Å². The quantitative estimate of drug-likeness (QED) is 0.916. The van der Waals surface area contributed by atoms with E-state index in [2.05, 4.69) is 10.3 Å². The first-order chi connectivity index (χ1) is 11.0. The number of carbonyl (C=O) groups is 1. The van der Waals surface area contributed by atoms with Crippen LogP contribution in [0, 0.1) is 0 Å². The molecule has 0 radical (unpaired) electrons. The van der Waals surface area contributed by atoms with Gasteiger partial charge in [-0.25, -0.2) is 4.79 Å². The van der Waals surface area contributed by atoms with Gasteiger partial charge in [0.15, 0.2) is 0 Å². The number of nitrogens with zero attached hydrogens (tertiary/aromatic N) is 2. The normalized spacial score (nSPS) is 13.2. The number of urea groups is 1. The van der Waals surface area contributed by atoms with Crippen molar-refractivity contribution in [1.82, 2.24) is 9.88 Å². The van der Waals surface area contributed by atoms with Gasteiger partial charge in [0.2, 0.25) is 0 Å². The molecule has 1 aromatic heterocycles. The molecule has 0 aliphatic rings. The number of anilines is 1. The Labute approximate surface area is 139 Å². The number of para-hydroxylation sites is 1. The summed E-state index contributed by atoms with van der Waals surface area (Å²) < 4.78 is 11.3. The van der Waals surface area contributed by atoms with Crippen molar-refractivity contribution in [3.05, 3.63) is 48.8 Å². The largest absolute Gasteiger partial charge is 0.324 e. The molecule has 122 valence electrons. The highest BCUT2D eigenvalue weighted by molar-refractivity contribution is 7.84. The molecule has 0 aliphatic heterocycles. The highest BCUT2D eigenvalue weighted by atomic mass is 32.2. The summed E-state index contributed by atoms with van der Waals surface area (Å²) >= 11 is 0. The molecule has 5 nitrogen and oxygen atoms in total. The monoisotopic (exact) mass is 331 g/mol. The van der Waals surface area contributed by atoms with Gasteiger partial charge in [-0.1, -0.05) is 18.2 Å². The zero-order valence-corrected chi connectivity index (χ0v) is 14.3. The number of pyridine rings is 1. The fourth-order valence-corrected chi connectivity index (χ4v) is 3.13. The lowest BCUT2D eigenvalue weighted by molar-refractivity contribution is 0.212. The van der Waals surface area contributed by atoms with Crippen LogP contribution in [-0.4, -0.2) is 45.2 Å². The van der Waals surface area contributed by atoms with Crippen LogP contribution >= 0.6 is 0 Å². The molecule has 2 aromatic rings. The van der Waals surface area contributed by atoms with Gasteiger partial charge in [-0.05, 0) is 30.7 Å². The van der Waals surface area contributed by atoms with Crippen LogP contribution in [0.15, 0.2) is 48.8 Å². The van der Waals surface area contributed by atoms with E-state index in [0.29, 0.717) is 5.75 Å². The van der Waals surface area contributed by atoms with Gasteiger partial charge in [0.05, 0.1) is 5.69 Å². The summed E-state index contributed by atoms with van der Waals surface area (Å²) in [6.45, 7) is 1.88. The first-order valence-electron chi connectivity index (χ1n) is 7.32. The van der Waals surface area contributed by atoms with E-state index in [4.69, 9.17) is 0 Å². The summed E-state index contributed by atoms with van der Waals surface area (Å²) in [5.74, 6) is 0.454. The number of amides is 2. The van der Waals surface area contributed by atoms with E-state index in [1.807, 2.05) is 43.3 Å². The third-order valence-corrected chi connectivity index (χ3v) is 4.57. The molecule has 23 heavy (non-hydrogen) atoms. The predicted molar refractivity (Wildman–Crippen MR) is 94.9 cm³/mol. The summed E-state index contributed by atoms with van der Waals surface area (Å²) in [7, 11) is 0.768. The lowest BCUT2D eigenvalue weighted by Crippen LogP contribution is -2.41. The van der Waals surface area contributed by atoms with E-state index in [9.17, 15) is 9.00 Å². The minimum Gasteiger partial charge on any atom is -0.324 e. The molecule has 0 saturated carbocycles. The maximum Gasteiger partial charge on any atom is 0.321 e. The Balaban J connectivity index is 2.17. The number of aromatic nitrogens is 1. The van der Waals surface area contributed by atoms with Crippen LogP contribution < -0.4 is 5.32 Å². The second-order valence-electron chi connectivity index (χ2n) is 5.41. The highest BCUT2D eigenvalue weighted by Crippen LogP contribution is 2.27. The number of hydrogen-bond acceptors (Lipinski definition) is 3. The van der Waals surface area contributed by atoms with E-state index in [0.717, 1.165) is 16.8 Å². The molecular weight excluding hydrogens is 310 g/mol. The second-order valence-corrected chi connectivity index (χ2v) is 6.89. The van der Waals surface area contributed by atoms with Gasteiger partial charge >= 0.3 is 6.03 Å². The zero-order valence-electron chi connectivity index (χ0n) is 13.5. The lowest BCUT2D eigenvalue weighted by atomic mass is 10.1. The van der Waals surface area contributed by atoms with E-state index < -0.39 is 10.8 Å². The average molecular weight is 331 g/mol. The maximum absolute atomic E-state index is 12.4. The maximum atomic E-state index is 12.4. The second kappa shape index (κ2) is 7.87. The molecule has 0 aliphatic carbocycles. The molecule has 1 N–H and O–H groups in total. The Morgan fingerprint density at radius 3 is 2.57 bits per heavy atom. The fraction of sp³-hybridized carbons (Fsp3) is 0.294. The molecule has 2 unspecified atom stereocenters. The predicted octanol–water partition coefficient (Wildman–Crippen LogP) is 2.98. The first kappa shape index (κ1) is 17.1. The SMILES string of the molecule is CC(CS(C)=O)N(C)C(=O)Nc1ccccc1-c1ccncc1. The van der Waals surface area contributed by atoms with Crippen LogP contribution in [0.3, 0.4) is 0 Å². The standard InChI is InChI=1S/C17H21N3O2S/c1-13(12-23(3)22)20(2)17(21)19-16-7-5-4-6-15(16)14-8-10-18-11-9-14/h4-11,13H,12H2,1-3H3,(H,19,21). The molecule has 1 aromatic carbocycles. The third kappa shape index (κ3) is 4.63. The minimum absolute atomic E-state index is 0.103. The molecule has 2 atom stereocenters. The van der Waals surface area contributed by atoms with Crippen LogP contribution in [0.1, 0.15) is 6.92 Å². The zero-order chi connectivity index (χ0) is 16.8. The van der Waals surface area contributed by atoms with Crippen LogP contribution in [0.4, 0.5) is 10.5 Å². The van der Waals surface area contributed by atoms with Crippen molar-refractivity contribution in [2.45, 2.75) is 13.0 Å². The van der Waals surface area contributed by atoms with Crippen LogP contribution in [0.2, 0.25) is 0 Å². The van der Waals surface area contributed by atoms with Gasteiger partial charge in [0.25, 0.3) is 0 Å². The van der Waals surface area contributed by atoms with Crippen molar-refractivity contribution in [3.63, 3.8) is 0 Å². The number of benzene rings is 1. The topological polar surface area (TPSA) is 62.3 Å². The average Bonchev–Trinajstić information content (AvgIpc) is 2.54. The Kier molecular flexibility index (Phi) is 5.87. The van der Waals surface area contributed by atoms with Crippen molar-refractivity contribution in [1.29, 1.82) is 0 Å². The van der Waals surface area contributed by atoms with Crippen molar-refractivity contribution < 1.29 is 9.00 Å². The Morgan fingerprint density at radius 1 is 1.26 bits per heavy atom. The molecule has 2 rings (SSSR count). The van der Waals surface area contributed by atoms with E-state index >= 15 is 0 Å². The molecule has 1 heterocycles. The summed E-state index contributed by atoms with van der Waals surface area (Å²) in [6, 6.07) is 11.1. The fourth-order valence-electron chi connectivity index (χ4n) is 2.23. The first-order valence-corrected chi connectivity index (χ1v) is 9.05. The molecule has 6 heteroatoms. The number of hydrogen-bond donors (Lipinski definition) is 1. The van der Waals surface area contributed by atoms with E-state index in [1.54, 1.807) is 30.6 Å². The van der Waals surface area contributed by atoms with Gasteiger partial charge < -0.3 is 10.2 Å². The number of nitrogens with one attached hydrogen (secondary N) is 1. The van der Waals surface area contributed by atoms with Gasteiger partial charge in [0, 0.05) is 53.9 Å². The molecule has 0 bridgehead atoms. The number of rotatable bonds is 5. The van der Waals surface area contributed by atoms with Crippen LogP contribution in [-0.2, 0) is 10.8 Å². The Hall–Kier alpha value is -2.21. The van der Waals surface area contributed by atoms with Gasteiger partial charge in [-0.15, -0.1) is 0 Å². The molecule has 0 fully saturated rings.